The maximum absolute atomic E-state index is 13.0. The molecule has 3 heterocycles. The van der Waals surface area contributed by atoms with Gasteiger partial charge in [0.15, 0.2) is 11.5 Å². The Morgan fingerprint density at radius 2 is 2.07 bits per heavy atom. The molecule has 0 aliphatic carbocycles. The van der Waals surface area contributed by atoms with Crippen LogP contribution in [0.2, 0.25) is 0 Å². The second kappa shape index (κ2) is 7.79. The first-order valence-corrected chi connectivity index (χ1v) is 9.66. The number of nitrogens with zero attached hydrogens (tertiary/aromatic N) is 3. The van der Waals surface area contributed by atoms with Gasteiger partial charge in [0, 0.05) is 6.54 Å². The zero-order valence-corrected chi connectivity index (χ0v) is 15.6. The summed E-state index contributed by atoms with van der Waals surface area (Å²) in [4.78, 5) is 15.6. The minimum Gasteiger partial charge on any atom is -0.485 e. The van der Waals surface area contributed by atoms with Gasteiger partial charge in [0.25, 0.3) is 11.8 Å². The van der Waals surface area contributed by atoms with Crippen molar-refractivity contribution in [1.82, 2.24) is 15.1 Å². The largest absolute Gasteiger partial charge is 0.485 e. The van der Waals surface area contributed by atoms with Gasteiger partial charge in [-0.3, -0.25) is 4.79 Å². The Morgan fingerprint density at radius 3 is 2.85 bits per heavy atom. The molecule has 0 unspecified atom stereocenters. The van der Waals surface area contributed by atoms with Crippen LogP contribution in [0.3, 0.4) is 0 Å². The number of thiophene rings is 1. The molecular formula is C19H19N3O4S. The topological polar surface area (TPSA) is 77.7 Å². The number of carbonyl (C=O) groups excluding carboxylic acids is 1. The van der Waals surface area contributed by atoms with E-state index in [1.54, 1.807) is 11.0 Å². The lowest BCUT2D eigenvalue weighted by atomic mass is 10.2. The molecule has 8 heteroatoms. The van der Waals surface area contributed by atoms with E-state index in [1.165, 1.54) is 11.3 Å². The van der Waals surface area contributed by atoms with E-state index < -0.39 is 6.10 Å². The van der Waals surface area contributed by atoms with Gasteiger partial charge in [-0.05, 0) is 30.0 Å². The van der Waals surface area contributed by atoms with Crippen LogP contribution in [0.1, 0.15) is 19.2 Å². The van der Waals surface area contributed by atoms with E-state index in [4.69, 9.17) is 13.9 Å². The van der Waals surface area contributed by atoms with E-state index >= 15 is 0 Å². The quantitative estimate of drug-likeness (QED) is 0.647. The highest BCUT2D eigenvalue weighted by Crippen LogP contribution is 2.31. The molecule has 7 nitrogen and oxygen atoms in total. The fraction of sp³-hybridized carbons (Fsp3) is 0.316. The van der Waals surface area contributed by atoms with Crippen LogP contribution in [-0.2, 0) is 11.3 Å². The van der Waals surface area contributed by atoms with E-state index in [1.807, 2.05) is 42.6 Å². The average Bonchev–Trinajstić information content (AvgIpc) is 3.38. The molecule has 27 heavy (non-hydrogen) atoms. The molecule has 4 rings (SSSR count). The third-order valence-corrected chi connectivity index (χ3v) is 4.97. The van der Waals surface area contributed by atoms with E-state index in [-0.39, 0.29) is 19.1 Å². The number of benzene rings is 1. The number of carbonyl (C=O) groups is 1. The number of fused-ring (bicyclic) bond motifs is 1. The first-order chi connectivity index (χ1) is 13.2. The third kappa shape index (κ3) is 3.80. The number of amides is 1. The molecule has 0 saturated heterocycles. The first-order valence-electron chi connectivity index (χ1n) is 8.78. The van der Waals surface area contributed by atoms with Gasteiger partial charge >= 0.3 is 0 Å². The Hall–Kier alpha value is -2.87. The molecule has 1 aliphatic heterocycles. The molecule has 1 aromatic carbocycles. The molecule has 1 aliphatic rings. The molecule has 0 radical (unpaired) electrons. The lowest BCUT2D eigenvalue weighted by molar-refractivity contribution is -0.142. The number of aromatic nitrogens is 2. The van der Waals surface area contributed by atoms with Crippen LogP contribution in [0.4, 0.5) is 0 Å². The molecule has 0 bridgehead atoms. The monoisotopic (exact) mass is 385 g/mol. The van der Waals surface area contributed by atoms with Crippen LogP contribution in [0.25, 0.3) is 10.8 Å². The van der Waals surface area contributed by atoms with Gasteiger partial charge < -0.3 is 18.8 Å². The fourth-order valence-corrected chi connectivity index (χ4v) is 3.51. The van der Waals surface area contributed by atoms with Gasteiger partial charge in [-0.25, -0.2) is 0 Å². The van der Waals surface area contributed by atoms with Crippen LogP contribution in [0, 0.1) is 0 Å². The molecule has 0 N–H and O–H groups in total. The number of rotatable bonds is 6. The Kier molecular flexibility index (Phi) is 5.06. The van der Waals surface area contributed by atoms with Crippen molar-refractivity contribution in [3.05, 3.63) is 47.7 Å². The molecule has 140 valence electrons. The molecule has 0 spiro atoms. The minimum absolute atomic E-state index is 0.151. The molecule has 1 amide bonds. The maximum atomic E-state index is 13.0. The van der Waals surface area contributed by atoms with Gasteiger partial charge in [-0.1, -0.05) is 25.1 Å². The summed E-state index contributed by atoms with van der Waals surface area (Å²) in [6.45, 7) is 3.00. The smallest absolute Gasteiger partial charge is 0.267 e. The van der Waals surface area contributed by atoms with Gasteiger partial charge in [-0.2, -0.15) is 0 Å². The summed E-state index contributed by atoms with van der Waals surface area (Å²) in [6.07, 6.45) is 0.119. The third-order valence-electron chi connectivity index (χ3n) is 4.11. The molecule has 1 atom stereocenters. The van der Waals surface area contributed by atoms with Crippen molar-refractivity contribution in [1.29, 1.82) is 0 Å². The van der Waals surface area contributed by atoms with Crippen LogP contribution in [0.15, 0.2) is 46.2 Å². The lowest BCUT2D eigenvalue weighted by Gasteiger charge is -2.30. The van der Waals surface area contributed by atoms with Crippen molar-refractivity contribution in [3.8, 4) is 22.3 Å². The highest BCUT2D eigenvalue weighted by molar-refractivity contribution is 7.13. The molecule has 0 saturated carbocycles. The summed E-state index contributed by atoms with van der Waals surface area (Å²) >= 11 is 1.53. The molecule has 2 aromatic heterocycles. The van der Waals surface area contributed by atoms with Crippen LogP contribution in [-0.4, -0.2) is 40.3 Å². The van der Waals surface area contributed by atoms with E-state index in [0.717, 1.165) is 11.3 Å². The van der Waals surface area contributed by atoms with Crippen molar-refractivity contribution >= 4 is 17.2 Å². The van der Waals surface area contributed by atoms with Crippen molar-refractivity contribution in [3.63, 3.8) is 0 Å². The highest BCUT2D eigenvalue weighted by atomic mass is 32.1. The second-order valence-electron chi connectivity index (χ2n) is 6.10. The number of hydrogen-bond acceptors (Lipinski definition) is 7. The van der Waals surface area contributed by atoms with Gasteiger partial charge in [0.1, 0.15) is 6.61 Å². The molecule has 3 aromatic rings. The summed E-state index contributed by atoms with van der Waals surface area (Å²) in [5.74, 6) is 1.95. The van der Waals surface area contributed by atoms with Crippen molar-refractivity contribution in [2.24, 2.45) is 0 Å². The van der Waals surface area contributed by atoms with Gasteiger partial charge in [-0.15, -0.1) is 21.5 Å². The summed E-state index contributed by atoms with van der Waals surface area (Å²) in [5.41, 5.74) is 0. The van der Waals surface area contributed by atoms with Crippen molar-refractivity contribution in [2.75, 3.05) is 13.2 Å². The van der Waals surface area contributed by atoms with Crippen LogP contribution >= 0.6 is 11.3 Å². The summed E-state index contributed by atoms with van der Waals surface area (Å²) in [5, 5.41) is 10.1. The first kappa shape index (κ1) is 17.5. The number of hydrogen-bond donors (Lipinski definition) is 0. The van der Waals surface area contributed by atoms with Gasteiger partial charge in [0.05, 0.1) is 11.4 Å². The maximum Gasteiger partial charge on any atom is 0.267 e. The Balaban J connectivity index is 1.47. The zero-order valence-electron chi connectivity index (χ0n) is 14.8. The number of para-hydroxylation sites is 2. The predicted molar refractivity (Wildman–Crippen MR) is 99.7 cm³/mol. The fourth-order valence-electron chi connectivity index (χ4n) is 2.86. The van der Waals surface area contributed by atoms with E-state index in [0.29, 0.717) is 29.8 Å². The highest BCUT2D eigenvalue weighted by Gasteiger charge is 2.31. The van der Waals surface area contributed by atoms with Crippen molar-refractivity contribution in [2.45, 2.75) is 26.0 Å². The SMILES string of the molecule is CCCN(Cc1nnc(-c2cccs2)o1)C(=O)[C@@H]1COc2ccccc2O1. The Labute approximate surface area is 160 Å². The van der Waals surface area contributed by atoms with E-state index in [9.17, 15) is 4.79 Å². The normalized spacial score (nSPS) is 15.5. The van der Waals surface area contributed by atoms with Crippen LogP contribution in [0.5, 0.6) is 11.5 Å². The van der Waals surface area contributed by atoms with Crippen LogP contribution < -0.4 is 9.47 Å². The Bertz CT molecular complexity index is 909. The summed E-state index contributed by atoms with van der Waals surface area (Å²) < 4.78 is 17.2. The lowest BCUT2D eigenvalue weighted by Crippen LogP contribution is -2.46. The van der Waals surface area contributed by atoms with Crippen molar-refractivity contribution < 1.29 is 18.7 Å². The number of ether oxygens (including phenoxy) is 2. The Morgan fingerprint density at radius 1 is 1.22 bits per heavy atom. The average molecular weight is 385 g/mol. The zero-order chi connectivity index (χ0) is 18.6. The molecule has 0 fully saturated rings. The molecular weight excluding hydrogens is 366 g/mol. The second-order valence-corrected chi connectivity index (χ2v) is 7.05. The standard InChI is InChI=1S/C19H19N3O4S/c1-2-9-22(11-17-20-21-18(26-17)16-8-5-10-27-16)19(23)15-12-24-13-6-3-4-7-14(13)25-15/h3-8,10,15H,2,9,11-12H2,1H3/t15-/m0/s1. The minimum atomic E-state index is -0.689. The van der Waals surface area contributed by atoms with Gasteiger partial charge in [0.2, 0.25) is 12.0 Å². The predicted octanol–water partition coefficient (Wildman–Crippen LogP) is 3.38. The summed E-state index contributed by atoms with van der Waals surface area (Å²) in [6, 6.07) is 11.2. The summed E-state index contributed by atoms with van der Waals surface area (Å²) in [7, 11) is 0. The van der Waals surface area contributed by atoms with E-state index in [2.05, 4.69) is 10.2 Å².